The molecule has 3 heterocycles. The predicted molar refractivity (Wildman–Crippen MR) is 153 cm³/mol. The lowest BCUT2D eigenvalue weighted by Gasteiger charge is -2.36. The van der Waals surface area contributed by atoms with E-state index in [2.05, 4.69) is 25.5 Å². The van der Waals surface area contributed by atoms with Crippen molar-refractivity contribution in [2.45, 2.75) is 31.8 Å². The molecule has 10 heteroatoms. The fourth-order valence-electron chi connectivity index (χ4n) is 5.23. The second-order valence-electron chi connectivity index (χ2n) is 9.90. The minimum atomic E-state index is -0.150. The Morgan fingerprint density at radius 2 is 2.05 bits per heavy atom. The van der Waals surface area contributed by atoms with Gasteiger partial charge in [0, 0.05) is 48.4 Å². The van der Waals surface area contributed by atoms with Crippen LogP contribution >= 0.6 is 11.3 Å². The molecule has 0 radical (unpaired) electrons. The van der Waals surface area contributed by atoms with Crippen molar-refractivity contribution in [3.05, 3.63) is 82.0 Å². The molecule has 9 nitrogen and oxygen atoms in total. The van der Waals surface area contributed by atoms with E-state index in [0.29, 0.717) is 23.3 Å². The summed E-state index contributed by atoms with van der Waals surface area (Å²) in [5, 5.41) is 12.3. The summed E-state index contributed by atoms with van der Waals surface area (Å²) in [6.45, 7) is 4.14. The highest BCUT2D eigenvalue weighted by Gasteiger charge is 2.28. The number of thiazole rings is 1. The molecule has 1 aliphatic carbocycles. The first-order chi connectivity index (χ1) is 19.1. The summed E-state index contributed by atoms with van der Waals surface area (Å²) in [4.78, 5) is 25.7. The van der Waals surface area contributed by atoms with Crippen molar-refractivity contribution in [2.75, 3.05) is 38.7 Å². The van der Waals surface area contributed by atoms with Gasteiger partial charge in [0.15, 0.2) is 5.13 Å². The van der Waals surface area contributed by atoms with Gasteiger partial charge in [0.1, 0.15) is 5.69 Å². The molecule has 1 aliphatic heterocycles. The van der Waals surface area contributed by atoms with Crippen molar-refractivity contribution in [3.63, 3.8) is 0 Å². The van der Waals surface area contributed by atoms with Crippen molar-refractivity contribution in [1.29, 1.82) is 0 Å². The molecule has 0 bridgehead atoms. The Hall–Kier alpha value is -3.73. The maximum absolute atomic E-state index is 13.1. The molecule has 4 aromatic rings. The highest BCUT2D eigenvalue weighted by molar-refractivity contribution is 7.15. The number of rotatable bonds is 7. The highest BCUT2D eigenvalue weighted by Crippen LogP contribution is 2.32. The van der Waals surface area contributed by atoms with Crippen molar-refractivity contribution in [1.82, 2.24) is 24.9 Å². The number of anilines is 1. The molecular formula is C29H31N7O2S. The molecule has 1 amide bonds. The third kappa shape index (κ3) is 5.98. The second-order valence-corrected chi connectivity index (χ2v) is 11.0. The number of carbonyl (C=O) groups is 1. The standard InChI is InChI=1S/C29H31N7O2S/c1-30-17-20-5-7-22(8-6-20)26-19-36(34-33-26)18-21-3-2-4-23(15-21)28(37)32-29-31-25-10-9-24(16-27(25)39-29)35-11-13-38-14-12-35/h2-8,15,17,19,24H,9-14,16,18H2,1H3,(H,31,32,37)/t24-/m0/s1. The molecule has 1 fully saturated rings. The zero-order chi connectivity index (χ0) is 26.6. The Balaban J connectivity index is 1.09. The topological polar surface area (TPSA) is 97.5 Å². The third-order valence-corrected chi connectivity index (χ3v) is 8.29. The van der Waals surface area contributed by atoms with Crippen LogP contribution < -0.4 is 5.32 Å². The number of nitrogens with zero attached hydrogens (tertiary/aromatic N) is 6. The Morgan fingerprint density at radius 1 is 1.21 bits per heavy atom. The number of hydrogen-bond donors (Lipinski definition) is 1. The van der Waals surface area contributed by atoms with E-state index in [0.717, 1.165) is 73.6 Å². The van der Waals surface area contributed by atoms with E-state index in [1.165, 1.54) is 4.88 Å². The maximum atomic E-state index is 13.1. The van der Waals surface area contributed by atoms with Gasteiger partial charge in [-0.1, -0.05) is 41.6 Å². The minimum absolute atomic E-state index is 0.150. The largest absolute Gasteiger partial charge is 0.379 e. The van der Waals surface area contributed by atoms with E-state index >= 15 is 0 Å². The fraction of sp³-hybridized carbons (Fsp3) is 0.345. The zero-order valence-corrected chi connectivity index (χ0v) is 22.7. The summed E-state index contributed by atoms with van der Waals surface area (Å²) in [6.07, 6.45) is 6.79. The van der Waals surface area contributed by atoms with Crippen molar-refractivity contribution in [3.8, 4) is 11.3 Å². The van der Waals surface area contributed by atoms with Gasteiger partial charge < -0.3 is 4.74 Å². The van der Waals surface area contributed by atoms with Gasteiger partial charge in [-0.05, 0) is 42.5 Å². The van der Waals surface area contributed by atoms with Crippen molar-refractivity contribution >= 4 is 28.6 Å². The number of aliphatic imine (C=N–C) groups is 1. The average molecular weight is 542 g/mol. The Bertz CT molecular complexity index is 1470. The Morgan fingerprint density at radius 3 is 2.87 bits per heavy atom. The first-order valence-corrected chi connectivity index (χ1v) is 14.1. The fourth-order valence-corrected chi connectivity index (χ4v) is 6.30. The van der Waals surface area contributed by atoms with Gasteiger partial charge in [0.05, 0.1) is 31.6 Å². The van der Waals surface area contributed by atoms with Crippen LogP contribution in [-0.4, -0.2) is 76.4 Å². The number of ether oxygens (including phenoxy) is 1. The lowest BCUT2D eigenvalue weighted by Crippen LogP contribution is -2.45. The van der Waals surface area contributed by atoms with Crippen LogP contribution in [0.3, 0.4) is 0 Å². The molecule has 2 aromatic carbocycles. The van der Waals surface area contributed by atoms with Crippen LogP contribution in [0.1, 0.15) is 38.5 Å². The molecule has 6 rings (SSSR count). The van der Waals surface area contributed by atoms with E-state index in [-0.39, 0.29) is 5.91 Å². The van der Waals surface area contributed by atoms with E-state index in [9.17, 15) is 4.79 Å². The number of morpholine rings is 1. The molecule has 200 valence electrons. The van der Waals surface area contributed by atoms with Crippen LogP contribution in [0.5, 0.6) is 0 Å². The summed E-state index contributed by atoms with van der Waals surface area (Å²) in [7, 11) is 1.76. The molecule has 2 aliphatic rings. The zero-order valence-electron chi connectivity index (χ0n) is 21.9. The Kier molecular flexibility index (Phi) is 7.57. The summed E-state index contributed by atoms with van der Waals surface area (Å²) in [5.74, 6) is -0.150. The lowest BCUT2D eigenvalue weighted by molar-refractivity contribution is 0.0139. The molecule has 2 aromatic heterocycles. The van der Waals surface area contributed by atoms with Crippen LogP contribution in [-0.2, 0) is 24.1 Å². The summed E-state index contributed by atoms with van der Waals surface area (Å²) < 4.78 is 7.30. The SMILES string of the molecule is CN=Cc1ccc(-c2cn(Cc3cccc(C(=O)Nc4nc5c(s4)C[C@@H](N4CCOCC4)CC5)c3)nn2)cc1. The van der Waals surface area contributed by atoms with Gasteiger partial charge in [-0.25, -0.2) is 9.67 Å². The minimum Gasteiger partial charge on any atom is -0.379 e. The molecule has 0 spiro atoms. The second kappa shape index (κ2) is 11.6. The van der Waals surface area contributed by atoms with Crippen molar-refractivity contribution < 1.29 is 9.53 Å². The highest BCUT2D eigenvalue weighted by atomic mass is 32.1. The number of fused-ring (bicyclic) bond motifs is 1. The van der Waals surface area contributed by atoms with Crippen LogP contribution in [0.4, 0.5) is 5.13 Å². The van der Waals surface area contributed by atoms with Crippen LogP contribution in [0.2, 0.25) is 0 Å². The van der Waals surface area contributed by atoms with Gasteiger partial charge in [0.2, 0.25) is 0 Å². The third-order valence-electron chi connectivity index (χ3n) is 7.25. The van der Waals surface area contributed by atoms with Gasteiger partial charge in [-0.3, -0.25) is 20.0 Å². The molecule has 1 atom stereocenters. The van der Waals surface area contributed by atoms with E-state index in [1.807, 2.05) is 60.9 Å². The van der Waals surface area contributed by atoms with Crippen LogP contribution in [0.25, 0.3) is 11.3 Å². The van der Waals surface area contributed by atoms with Crippen molar-refractivity contribution in [2.24, 2.45) is 4.99 Å². The summed E-state index contributed by atoms with van der Waals surface area (Å²) in [5.41, 5.74) is 5.53. The summed E-state index contributed by atoms with van der Waals surface area (Å²) >= 11 is 1.61. The van der Waals surface area contributed by atoms with Crippen LogP contribution in [0, 0.1) is 0 Å². The smallest absolute Gasteiger partial charge is 0.257 e. The van der Waals surface area contributed by atoms with E-state index in [4.69, 9.17) is 9.72 Å². The average Bonchev–Trinajstić information content (AvgIpc) is 3.60. The van der Waals surface area contributed by atoms with E-state index in [1.54, 1.807) is 23.1 Å². The maximum Gasteiger partial charge on any atom is 0.257 e. The number of hydrogen-bond acceptors (Lipinski definition) is 8. The Labute approximate surface area is 231 Å². The van der Waals surface area contributed by atoms with Gasteiger partial charge >= 0.3 is 0 Å². The molecule has 0 saturated carbocycles. The predicted octanol–water partition coefficient (Wildman–Crippen LogP) is 3.94. The van der Waals surface area contributed by atoms with Gasteiger partial charge in [-0.15, -0.1) is 16.4 Å². The number of amides is 1. The van der Waals surface area contributed by atoms with Gasteiger partial charge in [0.25, 0.3) is 5.91 Å². The number of carbonyl (C=O) groups excluding carboxylic acids is 1. The normalized spacial score (nSPS) is 17.8. The first kappa shape index (κ1) is 25.5. The monoisotopic (exact) mass is 541 g/mol. The molecule has 1 saturated heterocycles. The molecule has 1 N–H and O–H groups in total. The van der Waals surface area contributed by atoms with Crippen LogP contribution in [0.15, 0.2) is 59.7 Å². The lowest BCUT2D eigenvalue weighted by atomic mass is 9.96. The number of aromatic nitrogens is 4. The number of nitrogens with one attached hydrogen (secondary N) is 1. The number of benzene rings is 2. The molecule has 0 unspecified atom stereocenters. The summed E-state index contributed by atoms with van der Waals surface area (Å²) in [6, 6.07) is 16.2. The van der Waals surface area contributed by atoms with Gasteiger partial charge in [-0.2, -0.15) is 0 Å². The number of aryl methyl sites for hydroxylation is 1. The molecule has 39 heavy (non-hydrogen) atoms. The molecular weight excluding hydrogens is 510 g/mol. The first-order valence-electron chi connectivity index (χ1n) is 13.3. The quantitative estimate of drug-likeness (QED) is 0.356. The van der Waals surface area contributed by atoms with E-state index < -0.39 is 0 Å².